The van der Waals surface area contributed by atoms with Gasteiger partial charge < -0.3 is 0 Å². The monoisotopic (exact) mass is 318 g/mol. The number of carbonyl (C=O) groups excluding carboxylic acids is 2. The lowest BCUT2D eigenvalue weighted by Gasteiger charge is -2.23. The van der Waals surface area contributed by atoms with Crippen molar-refractivity contribution in [2.45, 2.75) is 17.6 Å². The molecule has 0 aromatic heterocycles. The van der Waals surface area contributed by atoms with E-state index in [4.69, 9.17) is 34.8 Å². The van der Waals surface area contributed by atoms with Gasteiger partial charge in [-0.2, -0.15) is 4.99 Å². The quantitative estimate of drug-likeness (QED) is 0.590. The number of amides is 2. The fourth-order valence-electron chi connectivity index (χ4n) is 1.86. The van der Waals surface area contributed by atoms with E-state index in [1.54, 1.807) is 19.1 Å². The van der Waals surface area contributed by atoms with Gasteiger partial charge in [-0.1, -0.05) is 52.5 Å². The molecule has 4 nitrogen and oxygen atoms in total. The molecule has 0 atom stereocenters. The Hall–Kier alpha value is -1.10. The summed E-state index contributed by atoms with van der Waals surface area (Å²) < 4.78 is -1.95. The fourth-order valence-corrected chi connectivity index (χ4v) is 2.24. The number of nitrogens with zero attached hydrogens (tertiary/aromatic N) is 2. The molecule has 0 unspecified atom stereocenters. The molecule has 1 aromatic carbocycles. The van der Waals surface area contributed by atoms with Crippen molar-refractivity contribution in [2.75, 3.05) is 4.90 Å². The van der Waals surface area contributed by atoms with Crippen LogP contribution in [0.2, 0.25) is 0 Å². The van der Waals surface area contributed by atoms with Gasteiger partial charge in [0.2, 0.25) is 3.79 Å². The maximum Gasteiger partial charge on any atom is 0.337 e. The number of hydrogen-bond acceptors (Lipinski definition) is 2. The van der Waals surface area contributed by atoms with Crippen LogP contribution < -0.4 is 4.90 Å². The summed E-state index contributed by atoms with van der Waals surface area (Å²) in [7, 11) is 0. The molecule has 1 aromatic rings. The number of carbonyl (C=O) groups is 2. The topological polar surface area (TPSA) is 49.7 Å². The van der Waals surface area contributed by atoms with Crippen molar-refractivity contribution >= 4 is 58.1 Å². The van der Waals surface area contributed by atoms with Gasteiger partial charge >= 0.3 is 11.8 Å². The third-order valence-electron chi connectivity index (χ3n) is 2.65. The van der Waals surface area contributed by atoms with Gasteiger partial charge in [-0.25, -0.2) is 0 Å². The highest BCUT2D eigenvalue weighted by Crippen LogP contribution is 2.35. The Bertz CT molecular complexity index is 605. The SMILES string of the molecule is Cc1ccc(N2C(=O)C(=O)N=C2C(Cl)(Cl)Cl)c(C)c1. The summed E-state index contributed by atoms with van der Waals surface area (Å²) >= 11 is 17.3. The standard InChI is InChI=1S/C12H9Cl3N2O2/c1-6-3-4-8(7(2)5-6)17-10(19)9(18)16-11(17)12(13,14)15/h3-5H,1-2H3. The van der Waals surface area contributed by atoms with Crippen molar-refractivity contribution < 1.29 is 9.59 Å². The Kier molecular flexibility index (Phi) is 3.60. The second-order valence-corrected chi connectivity index (χ2v) is 6.45. The lowest BCUT2D eigenvalue weighted by molar-refractivity contribution is -0.134. The van der Waals surface area contributed by atoms with Gasteiger partial charge in [0.1, 0.15) is 0 Å². The first-order chi connectivity index (χ1) is 8.71. The van der Waals surface area contributed by atoms with E-state index in [-0.39, 0.29) is 5.84 Å². The molecule has 0 radical (unpaired) electrons. The minimum atomic E-state index is -1.95. The Morgan fingerprint density at radius 1 is 1.16 bits per heavy atom. The average Bonchev–Trinajstić information content (AvgIpc) is 2.56. The largest absolute Gasteiger partial charge is 0.337 e. The molecule has 1 aliphatic heterocycles. The van der Waals surface area contributed by atoms with Crippen LogP contribution in [0.5, 0.6) is 0 Å². The highest BCUT2D eigenvalue weighted by molar-refractivity contribution is 6.80. The third-order valence-corrected chi connectivity index (χ3v) is 3.16. The van der Waals surface area contributed by atoms with Gasteiger partial charge in [0.25, 0.3) is 0 Å². The highest BCUT2D eigenvalue weighted by atomic mass is 35.6. The molecule has 0 N–H and O–H groups in total. The molecular formula is C12H9Cl3N2O2. The van der Waals surface area contributed by atoms with Gasteiger partial charge in [-0.15, -0.1) is 0 Å². The summed E-state index contributed by atoms with van der Waals surface area (Å²) in [5.74, 6) is -1.96. The van der Waals surface area contributed by atoms with E-state index < -0.39 is 15.6 Å². The van der Waals surface area contributed by atoms with Gasteiger partial charge in [-0.05, 0) is 25.5 Å². The van der Waals surface area contributed by atoms with E-state index in [1.807, 2.05) is 13.0 Å². The van der Waals surface area contributed by atoms with Gasteiger partial charge in [0, 0.05) is 0 Å². The molecule has 7 heteroatoms. The van der Waals surface area contributed by atoms with E-state index in [9.17, 15) is 9.59 Å². The van der Waals surface area contributed by atoms with Crippen LogP contribution in [0.3, 0.4) is 0 Å². The normalized spacial score (nSPS) is 16.1. The van der Waals surface area contributed by atoms with E-state index in [0.29, 0.717) is 5.69 Å². The van der Waals surface area contributed by atoms with Crippen molar-refractivity contribution in [3.05, 3.63) is 29.3 Å². The number of benzene rings is 1. The molecule has 1 aliphatic rings. The first kappa shape index (κ1) is 14.3. The fraction of sp³-hybridized carbons (Fsp3) is 0.250. The molecule has 1 heterocycles. The van der Waals surface area contributed by atoms with Crippen LogP contribution in [0, 0.1) is 13.8 Å². The molecular weight excluding hydrogens is 311 g/mol. The molecule has 2 rings (SSSR count). The maximum atomic E-state index is 11.9. The summed E-state index contributed by atoms with van der Waals surface area (Å²) in [6, 6.07) is 5.35. The van der Waals surface area contributed by atoms with Crippen LogP contribution in [0.1, 0.15) is 11.1 Å². The predicted octanol–water partition coefficient (Wildman–Crippen LogP) is 2.95. The lowest BCUT2D eigenvalue weighted by atomic mass is 10.1. The van der Waals surface area contributed by atoms with Crippen molar-refractivity contribution in [2.24, 2.45) is 4.99 Å². The van der Waals surface area contributed by atoms with Crippen LogP contribution in [-0.2, 0) is 9.59 Å². The van der Waals surface area contributed by atoms with Crippen LogP contribution in [0.15, 0.2) is 23.2 Å². The first-order valence-corrected chi connectivity index (χ1v) is 6.47. The number of amidine groups is 1. The highest BCUT2D eigenvalue weighted by Gasteiger charge is 2.44. The van der Waals surface area contributed by atoms with Gasteiger partial charge in [0.05, 0.1) is 5.69 Å². The molecule has 0 saturated heterocycles. The van der Waals surface area contributed by atoms with E-state index in [2.05, 4.69) is 4.99 Å². The second kappa shape index (κ2) is 4.78. The molecule has 19 heavy (non-hydrogen) atoms. The van der Waals surface area contributed by atoms with Gasteiger partial charge in [-0.3, -0.25) is 14.5 Å². The number of aryl methyl sites for hydroxylation is 2. The minimum Gasteiger partial charge on any atom is -0.262 e. The number of anilines is 1. The van der Waals surface area contributed by atoms with E-state index in [0.717, 1.165) is 16.0 Å². The molecule has 0 fully saturated rings. The zero-order valence-corrected chi connectivity index (χ0v) is 12.3. The lowest BCUT2D eigenvalue weighted by Crippen LogP contribution is -2.40. The number of alkyl halides is 3. The first-order valence-electron chi connectivity index (χ1n) is 5.33. The second-order valence-electron chi connectivity index (χ2n) is 4.17. The number of aliphatic imine (C=N–C) groups is 1. The average molecular weight is 320 g/mol. The molecule has 0 bridgehead atoms. The summed E-state index contributed by atoms with van der Waals surface area (Å²) in [5, 5.41) is 0. The van der Waals surface area contributed by atoms with E-state index in [1.165, 1.54) is 0 Å². The summed E-state index contributed by atoms with van der Waals surface area (Å²) in [4.78, 5) is 27.9. The molecule has 0 saturated carbocycles. The third kappa shape index (κ3) is 2.61. The summed E-state index contributed by atoms with van der Waals surface area (Å²) in [5.41, 5.74) is 2.28. The zero-order valence-electron chi connectivity index (χ0n) is 10.1. The minimum absolute atomic E-state index is 0.195. The van der Waals surface area contributed by atoms with Crippen molar-refractivity contribution in [1.82, 2.24) is 0 Å². The van der Waals surface area contributed by atoms with Crippen molar-refractivity contribution in [3.8, 4) is 0 Å². The Balaban J connectivity index is 2.56. The van der Waals surface area contributed by atoms with Crippen LogP contribution >= 0.6 is 34.8 Å². The number of hydrogen-bond donors (Lipinski definition) is 0. The molecule has 100 valence electrons. The van der Waals surface area contributed by atoms with Crippen LogP contribution in [0.25, 0.3) is 0 Å². The molecule has 2 amide bonds. The van der Waals surface area contributed by atoms with E-state index >= 15 is 0 Å². The Labute approximate surface area is 125 Å². The van der Waals surface area contributed by atoms with Crippen LogP contribution in [-0.4, -0.2) is 21.4 Å². The zero-order chi connectivity index (χ0) is 14.4. The van der Waals surface area contributed by atoms with Crippen molar-refractivity contribution in [3.63, 3.8) is 0 Å². The van der Waals surface area contributed by atoms with Crippen LogP contribution in [0.4, 0.5) is 5.69 Å². The predicted molar refractivity (Wildman–Crippen MR) is 76.1 cm³/mol. The summed E-state index contributed by atoms with van der Waals surface area (Å²) in [6.45, 7) is 3.71. The number of halogens is 3. The Morgan fingerprint density at radius 2 is 1.79 bits per heavy atom. The maximum absolute atomic E-state index is 11.9. The Morgan fingerprint density at radius 3 is 2.32 bits per heavy atom. The number of rotatable bonds is 1. The molecule has 0 aliphatic carbocycles. The van der Waals surface area contributed by atoms with Crippen molar-refractivity contribution in [1.29, 1.82) is 0 Å². The summed E-state index contributed by atoms with van der Waals surface area (Å²) in [6.07, 6.45) is 0. The molecule has 0 spiro atoms. The smallest absolute Gasteiger partial charge is 0.262 e. The van der Waals surface area contributed by atoms with Gasteiger partial charge in [0.15, 0.2) is 5.84 Å².